The molecule has 0 saturated heterocycles. The topological polar surface area (TPSA) is 23.6 Å². The van der Waals surface area contributed by atoms with Crippen molar-refractivity contribution in [1.82, 2.24) is 0 Å². The number of benzene rings is 3. The van der Waals surface area contributed by atoms with E-state index in [1.165, 1.54) is 16.8 Å². The van der Waals surface area contributed by atoms with E-state index in [-0.39, 0.29) is 11.6 Å². The van der Waals surface area contributed by atoms with Crippen molar-refractivity contribution < 1.29 is 18.0 Å². The number of hydrogen-bond donors (Lipinski definition) is 0. The number of amides is 1. The first-order valence-corrected chi connectivity index (χ1v) is 11.9. The second kappa shape index (κ2) is 7.25. The smallest absolute Gasteiger partial charge is 0.378 e. The van der Waals surface area contributed by atoms with Gasteiger partial charge in [0.15, 0.2) is 0 Å². The Morgan fingerprint density at radius 2 is 1.63 bits per heavy atom. The molecule has 3 aromatic carbocycles. The Hall–Kier alpha value is -2.63. The molecular weight excluding hydrogens is 428 g/mol. The van der Waals surface area contributed by atoms with Crippen LogP contribution < -0.4 is 20.2 Å². The molecule has 8 heteroatoms. The van der Waals surface area contributed by atoms with E-state index in [0.29, 0.717) is 10.9 Å². The van der Waals surface area contributed by atoms with Gasteiger partial charge in [-0.05, 0) is 36.4 Å². The Morgan fingerprint density at radius 1 is 0.933 bits per heavy atom. The zero-order valence-corrected chi connectivity index (χ0v) is 17.9. The Kier molecular flexibility index (Phi) is 4.99. The van der Waals surface area contributed by atoms with E-state index in [2.05, 4.69) is 0 Å². The van der Waals surface area contributed by atoms with Crippen molar-refractivity contribution in [3.8, 4) is 0 Å². The third kappa shape index (κ3) is 3.22. The molecule has 3 nitrogen and oxygen atoms in total. The summed E-state index contributed by atoms with van der Waals surface area (Å²) in [5.74, 6) is -0.375. The Bertz CT molecular complexity index is 1180. The summed E-state index contributed by atoms with van der Waals surface area (Å²) in [4.78, 5) is 15.4. The average Bonchev–Trinajstić information content (AvgIpc) is 2.95. The average molecular weight is 446 g/mol. The highest BCUT2D eigenvalue weighted by Gasteiger charge is 2.45. The number of carbonyl (C=O) groups is 1. The third-order valence-electron chi connectivity index (χ3n) is 5.05. The van der Waals surface area contributed by atoms with Gasteiger partial charge in [0, 0.05) is 36.1 Å². The molecule has 1 unspecified atom stereocenters. The lowest BCUT2D eigenvalue weighted by molar-refractivity contribution is -0.137. The fourth-order valence-electron chi connectivity index (χ4n) is 3.57. The summed E-state index contributed by atoms with van der Waals surface area (Å²) in [6.45, 7) is 0. The van der Waals surface area contributed by atoms with Gasteiger partial charge in [0.25, 0.3) is 5.91 Å². The van der Waals surface area contributed by atoms with Crippen molar-refractivity contribution in [3.63, 3.8) is 0 Å². The van der Waals surface area contributed by atoms with Crippen LogP contribution in [0.25, 0.3) is 0 Å². The van der Waals surface area contributed by atoms with E-state index >= 15 is 0 Å². The lowest BCUT2D eigenvalue weighted by Crippen LogP contribution is -2.28. The number of rotatable bonds is 3. The lowest BCUT2D eigenvalue weighted by Gasteiger charge is -2.30. The summed E-state index contributed by atoms with van der Waals surface area (Å²) >= 11 is 6.14. The van der Waals surface area contributed by atoms with Gasteiger partial charge in [-0.3, -0.25) is 9.46 Å². The molecule has 1 atom stereocenters. The van der Waals surface area contributed by atoms with Crippen molar-refractivity contribution >= 4 is 45.9 Å². The zero-order chi connectivity index (χ0) is 21.7. The van der Waals surface area contributed by atoms with E-state index in [1.807, 2.05) is 61.5 Å². The monoisotopic (exact) mass is 446 g/mol. The summed E-state index contributed by atoms with van der Waals surface area (Å²) in [7, 11) is 3.72. The number of fused-ring (bicyclic) bond motifs is 1. The van der Waals surface area contributed by atoms with Gasteiger partial charge in [0.2, 0.25) is 0 Å². The van der Waals surface area contributed by atoms with Crippen molar-refractivity contribution in [3.05, 3.63) is 83.9 Å². The summed E-state index contributed by atoms with van der Waals surface area (Å²) < 4.78 is 41.4. The van der Waals surface area contributed by atoms with Crippen molar-refractivity contribution in [2.24, 2.45) is 0 Å². The second-order valence-corrected chi connectivity index (χ2v) is 11.3. The van der Waals surface area contributed by atoms with Gasteiger partial charge in [-0.25, -0.2) is 0 Å². The summed E-state index contributed by atoms with van der Waals surface area (Å²) in [5, 5.41) is 1.44. The predicted octanol–water partition coefficient (Wildman–Crippen LogP) is 4.78. The highest BCUT2D eigenvalue weighted by Crippen LogP contribution is 2.56. The highest BCUT2D eigenvalue weighted by atomic mass is 32.4. The largest absolute Gasteiger partial charge is 0.416 e. The molecule has 1 amide bonds. The number of halogens is 3. The van der Waals surface area contributed by atoms with Crippen LogP contribution in [0, 0.1) is 0 Å². The molecule has 1 heterocycles. The number of alkyl halides is 3. The fraction of sp³-hybridized carbons (Fsp3) is 0.136. The van der Waals surface area contributed by atoms with Crippen LogP contribution in [0.2, 0.25) is 0 Å². The maximum absolute atomic E-state index is 13.5. The minimum atomic E-state index is -4.51. The molecule has 0 radical (unpaired) electrons. The van der Waals surface area contributed by atoms with Crippen LogP contribution in [0.5, 0.6) is 0 Å². The zero-order valence-electron chi connectivity index (χ0n) is 16.2. The maximum Gasteiger partial charge on any atom is 0.416 e. The molecule has 0 aliphatic carbocycles. The van der Waals surface area contributed by atoms with Crippen LogP contribution in [0.4, 0.5) is 24.5 Å². The van der Waals surface area contributed by atoms with E-state index in [1.54, 1.807) is 6.07 Å². The van der Waals surface area contributed by atoms with Crippen LogP contribution in [0.1, 0.15) is 15.9 Å². The SMILES string of the molecule is CN(C)c1ccc2c(c1)C(=O)N(c1cccc(C(F)(F)F)c1)P2(=S)c1ccccc1. The first kappa shape index (κ1) is 20.6. The van der Waals surface area contributed by atoms with Crippen LogP contribution >= 0.6 is 6.19 Å². The minimum Gasteiger partial charge on any atom is -0.378 e. The molecule has 1 aliphatic heterocycles. The van der Waals surface area contributed by atoms with Crippen LogP contribution in [-0.2, 0) is 18.0 Å². The predicted molar refractivity (Wildman–Crippen MR) is 119 cm³/mol. The van der Waals surface area contributed by atoms with E-state index in [0.717, 1.165) is 23.1 Å². The molecule has 3 aromatic rings. The van der Waals surface area contributed by atoms with E-state index in [4.69, 9.17) is 11.8 Å². The normalized spacial score (nSPS) is 18.4. The van der Waals surface area contributed by atoms with Gasteiger partial charge in [-0.1, -0.05) is 48.2 Å². The molecular formula is C22H18F3N2OPS. The highest BCUT2D eigenvalue weighted by molar-refractivity contribution is 8.23. The fourth-order valence-corrected chi connectivity index (χ4v) is 7.79. The quantitative estimate of drug-likeness (QED) is 0.542. The third-order valence-corrected chi connectivity index (χ3v) is 9.78. The molecule has 30 heavy (non-hydrogen) atoms. The van der Waals surface area contributed by atoms with Crippen molar-refractivity contribution in [1.29, 1.82) is 0 Å². The Balaban J connectivity index is 1.98. The van der Waals surface area contributed by atoms with Gasteiger partial charge in [0.1, 0.15) is 6.19 Å². The number of hydrogen-bond acceptors (Lipinski definition) is 3. The van der Waals surface area contributed by atoms with Crippen LogP contribution in [0.3, 0.4) is 0 Å². The Labute approximate surface area is 177 Å². The van der Waals surface area contributed by atoms with E-state index in [9.17, 15) is 18.0 Å². The molecule has 0 saturated carbocycles. The van der Waals surface area contributed by atoms with Crippen LogP contribution in [-0.4, -0.2) is 20.0 Å². The summed E-state index contributed by atoms with van der Waals surface area (Å²) in [6.07, 6.45) is -7.41. The van der Waals surface area contributed by atoms with Gasteiger partial charge in [-0.15, -0.1) is 0 Å². The molecule has 0 N–H and O–H groups in total. The first-order chi connectivity index (χ1) is 14.1. The van der Waals surface area contributed by atoms with Crippen molar-refractivity contribution in [2.75, 3.05) is 23.7 Å². The van der Waals surface area contributed by atoms with Crippen LogP contribution in [0.15, 0.2) is 72.8 Å². The number of anilines is 2. The summed E-state index contributed by atoms with van der Waals surface area (Å²) in [6, 6.07) is 19.5. The molecule has 154 valence electrons. The van der Waals surface area contributed by atoms with Gasteiger partial charge >= 0.3 is 6.18 Å². The summed E-state index contributed by atoms with van der Waals surface area (Å²) in [5.41, 5.74) is 0.602. The molecule has 0 bridgehead atoms. The van der Waals surface area contributed by atoms with E-state index < -0.39 is 17.9 Å². The lowest BCUT2D eigenvalue weighted by atomic mass is 10.1. The van der Waals surface area contributed by atoms with Gasteiger partial charge in [-0.2, -0.15) is 13.2 Å². The molecule has 1 aliphatic rings. The molecule has 0 fully saturated rings. The van der Waals surface area contributed by atoms with Crippen molar-refractivity contribution in [2.45, 2.75) is 6.18 Å². The molecule has 4 rings (SSSR count). The molecule has 0 spiro atoms. The van der Waals surface area contributed by atoms with Gasteiger partial charge in [0.05, 0.1) is 11.1 Å². The first-order valence-electron chi connectivity index (χ1n) is 9.14. The standard InChI is InChI=1S/C22H18F3N2OPS/c1-26(2)16-11-12-20-19(14-16)21(28)27(29(20,30)18-9-4-3-5-10-18)17-8-6-7-15(13-17)22(23,24)25/h3-14H,1-2H3. The minimum absolute atomic E-state index is 0.157. The maximum atomic E-state index is 13.5. The second-order valence-electron chi connectivity index (χ2n) is 7.17. The van der Waals surface area contributed by atoms with Gasteiger partial charge < -0.3 is 4.90 Å². The number of nitrogens with zero attached hydrogens (tertiary/aromatic N) is 2. The Morgan fingerprint density at radius 3 is 2.27 bits per heavy atom. The number of carbonyl (C=O) groups excluding carboxylic acids is 1. The molecule has 0 aromatic heterocycles.